The molecule has 0 bridgehead atoms. The molecular formula is C68H38N4O2. The molecule has 342 valence electrons. The Bertz CT molecular complexity index is 5680. The third kappa shape index (κ3) is 5.91. The van der Waals surface area contributed by atoms with Gasteiger partial charge in [0.2, 0.25) is 5.69 Å². The van der Waals surface area contributed by atoms with Gasteiger partial charge in [-0.25, -0.2) is 4.85 Å². The lowest BCUT2D eigenvalue weighted by Crippen LogP contribution is -2.08. The van der Waals surface area contributed by atoms with E-state index in [0.29, 0.717) is 32.7 Å². The zero-order valence-electron chi connectivity index (χ0n) is 58.0. The first-order chi connectivity index (χ1) is 44.9. The Kier molecular flexibility index (Phi) is 5.68. The Morgan fingerprint density at radius 1 is 0.419 bits per heavy atom. The van der Waals surface area contributed by atoms with Crippen LogP contribution in [0, 0.1) is 17.9 Å². The summed E-state index contributed by atoms with van der Waals surface area (Å²) < 4.78 is 198. The van der Waals surface area contributed by atoms with E-state index in [1.54, 1.807) is 72.8 Å². The quantitative estimate of drug-likeness (QED) is 0.156. The van der Waals surface area contributed by atoms with E-state index in [1.165, 1.54) is 33.4 Å². The fourth-order valence-electron chi connectivity index (χ4n) is 10.8. The van der Waals surface area contributed by atoms with Crippen molar-refractivity contribution >= 4 is 93.2 Å². The Balaban J connectivity index is 1.22. The summed E-state index contributed by atoms with van der Waals surface area (Å²) in [5, 5.41) is 16.0. The summed E-state index contributed by atoms with van der Waals surface area (Å²) in [5.74, 6) is 0. The van der Waals surface area contributed by atoms with Crippen LogP contribution in [0.5, 0.6) is 0 Å². The molecule has 0 saturated heterocycles. The molecule has 0 aliphatic rings. The minimum absolute atomic E-state index is 0.125. The maximum atomic E-state index is 12.5. The van der Waals surface area contributed by atoms with E-state index in [0.717, 1.165) is 0 Å². The second-order valence-corrected chi connectivity index (χ2v) is 17.4. The molecule has 6 heteroatoms. The van der Waals surface area contributed by atoms with E-state index >= 15 is 0 Å². The van der Waals surface area contributed by atoms with E-state index in [1.807, 2.05) is 12.1 Å². The molecule has 0 radical (unpaired) electrons. The van der Waals surface area contributed by atoms with E-state index in [-0.39, 0.29) is 77.0 Å². The summed E-state index contributed by atoms with van der Waals surface area (Å²) >= 11 is 0. The maximum Gasteiger partial charge on any atom is 0.221 e. The summed E-state index contributed by atoms with van der Waals surface area (Å²) in [6, 6.07) is 18.1. The van der Waals surface area contributed by atoms with Crippen LogP contribution in [-0.4, -0.2) is 9.13 Å². The molecule has 0 atom stereocenters. The monoisotopic (exact) mass is 962 g/mol. The van der Waals surface area contributed by atoms with Gasteiger partial charge in [0.05, 0.1) is 83.8 Å². The van der Waals surface area contributed by atoms with E-state index in [9.17, 15) is 22.8 Å². The van der Waals surface area contributed by atoms with Crippen LogP contribution >= 0.6 is 0 Å². The van der Waals surface area contributed by atoms with Crippen LogP contribution < -0.4 is 0 Å². The number of nitriles is 1. The van der Waals surface area contributed by atoms with Crippen LogP contribution in [0.15, 0.2) is 239 Å². The Hall–Kier alpha value is -10.4. The summed E-state index contributed by atoms with van der Waals surface area (Å²) in [7, 11) is 0. The van der Waals surface area contributed by atoms with Crippen LogP contribution in [0.3, 0.4) is 0 Å². The molecule has 74 heavy (non-hydrogen) atoms. The van der Waals surface area contributed by atoms with Crippen molar-refractivity contribution in [3.05, 3.63) is 247 Å². The van der Waals surface area contributed by atoms with E-state index in [2.05, 4.69) is 10.9 Å². The summed E-state index contributed by atoms with van der Waals surface area (Å²) in [6.07, 6.45) is 0. The van der Waals surface area contributed by atoms with Gasteiger partial charge < -0.3 is 18.0 Å². The van der Waals surface area contributed by atoms with Crippen LogP contribution in [-0.2, 0) is 0 Å². The molecule has 4 heterocycles. The van der Waals surface area contributed by atoms with Crippen molar-refractivity contribution in [1.29, 1.82) is 5.26 Å². The lowest BCUT2D eigenvalue weighted by molar-refractivity contribution is 0.672. The molecule has 15 aromatic rings. The smallest absolute Gasteiger partial charge is 0.221 e. The SMILES string of the molecule is [2H]c1c([2H])c([2H])c(-c2ccc3c(c2)c2c4oc5ccccc5c4ccc2n3-c2c(C#N)c(-c3c([2H])c([2H])c([2H])c([2H])c3[2H])c(-n3c4ccc(-c5c([2H])c([2H])c([2H])c([2H])c5[2H])cc4c4c5oc6ccccc6c5ccc43)c([N+]#[C-])c2-c2c([2H])c([2H])c([2H])c([2H])c2[2H])c([2H])c1[2H]. The highest BCUT2D eigenvalue weighted by molar-refractivity contribution is 6.27. The van der Waals surface area contributed by atoms with Gasteiger partial charge in [-0.15, -0.1) is 0 Å². The average Bonchev–Trinajstić information content (AvgIpc) is 1.41. The van der Waals surface area contributed by atoms with Crippen LogP contribution in [0.2, 0.25) is 0 Å². The van der Waals surface area contributed by atoms with Gasteiger partial charge >= 0.3 is 0 Å². The Labute approximate surface area is 451 Å². The molecule has 0 spiro atoms. The third-order valence-corrected chi connectivity index (χ3v) is 13.7. The molecule has 0 saturated carbocycles. The first kappa shape index (κ1) is 26.2. The topological polar surface area (TPSA) is 64.3 Å². The standard InChI is InChI=1S/C68H38N4O2/c1-70-64-61(44-24-12-5-13-25-44)65(71-54-34-30-45(41-18-6-2-7-19-41)38-51(54)62-56(71)36-32-49-47-26-14-16-28-58(47)73-67(49)62)53(40-69)60(43-22-10-4-11-23-43)66(64)72-55-35-31-46(42-20-8-3-9-21-42)39-52(55)63-57(72)37-33-50-48-27-15-17-29-59(48)74-68(50)63/h2-39H/i2D,3D,4D,5D,6D,7D,8D,9D,10D,11D,12D,13D,18D,19D,20D,21D,22D,23D,24D,25D. The number of hydrogen-bond acceptors (Lipinski definition) is 3. The highest BCUT2D eigenvalue weighted by Gasteiger charge is 2.33. The first-order valence-corrected chi connectivity index (χ1v) is 23.0. The van der Waals surface area contributed by atoms with Crippen molar-refractivity contribution in [3.63, 3.8) is 0 Å². The molecule has 0 fully saturated rings. The fourth-order valence-corrected chi connectivity index (χ4v) is 10.8. The van der Waals surface area contributed by atoms with Crippen molar-refractivity contribution in [2.45, 2.75) is 0 Å². The minimum atomic E-state index is -0.856. The fraction of sp³-hybridized carbons (Fsp3) is 0. The summed E-state index contributed by atoms with van der Waals surface area (Å²) in [6.45, 7) is 9.65. The van der Waals surface area contributed by atoms with Gasteiger partial charge in [0.1, 0.15) is 28.4 Å². The first-order valence-electron chi connectivity index (χ1n) is 33.0. The molecule has 0 aliphatic carbocycles. The molecule has 15 rings (SSSR count). The molecular weight excluding hydrogens is 905 g/mol. The summed E-state index contributed by atoms with van der Waals surface area (Å²) in [4.78, 5) is 4.26. The van der Waals surface area contributed by atoms with Crippen LogP contribution in [0.4, 0.5) is 5.69 Å². The van der Waals surface area contributed by atoms with Crippen LogP contribution in [0.1, 0.15) is 33.0 Å². The second kappa shape index (κ2) is 16.1. The highest BCUT2D eigenvalue weighted by Crippen LogP contribution is 2.54. The number of benzene rings is 11. The minimum Gasteiger partial charge on any atom is -0.455 e. The van der Waals surface area contributed by atoms with Crippen molar-refractivity contribution in [2.75, 3.05) is 0 Å². The van der Waals surface area contributed by atoms with Gasteiger partial charge in [-0.1, -0.05) is 169 Å². The van der Waals surface area contributed by atoms with Gasteiger partial charge in [0.25, 0.3) is 0 Å². The zero-order chi connectivity index (χ0) is 66.4. The summed E-state index contributed by atoms with van der Waals surface area (Å²) in [5.41, 5.74) is -2.36. The number of rotatable bonds is 6. The third-order valence-electron chi connectivity index (χ3n) is 13.7. The van der Waals surface area contributed by atoms with Crippen molar-refractivity contribution in [1.82, 2.24) is 9.13 Å². The molecule has 4 aromatic heterocycles. The number of aromatic nitrogens is 2. The van der Waals surface area contributed by atoms with Crippen molar-refractivity contribution < 1.29 is 36.2 Å². The zero-order valence-corrected chi connectivity index (χ0v) is 38.0. The normalized spacial score (nSPS) is 15.5. The molecule has 0 unspecified atom stereocenters. The average molecular weight is 963 g/mol. The number of hydrogen-bond donors (Lipinski definition) is 0. The Morgan fingerprint density at radius 3 is 1.30 bits per heavy atom. The highest BCUT2D eigenvalue weighted by atomic mass is 16.3. The molecule has 0 aliphatic heterocycles. The second-order valence-electron chi connectivity index (χ2n) is 17.4. The number of furan rings is 2. The van der Waals surface area contributed by atoms with E-state index < -0.39 is 166 Å². The lowest BCUT2D eigenvalue weighted by atomic mass is 9.88. The molecule has 0 N–H and O–H groups in total. The van der Waals surface area contributed by atoms with Gasteiger partial charge in [-0.2, -0.15) is 5.26 Å². The van der Waals surface area contributed by atoms with Gasteiger partial charge in [-0.3, -0.25) is 0 Å². The van der Waals surface area contributed by atoms with Crippen molar-refractivity contribution in [3.8, 4) is 62.0 Å². The largest absolute Gasteiger partial charge is 0.455 e. The van der Waals surface area contributed by atoms with Gasteiger partial charge in [0.15, 0.2) is 0 Å². The molecule has 0 amide bonds. The number of nitrogens with zero attached hydrogens (tertiary/aromatic N) is 4. The predicted octanol–water partition coefficient (Wildman–Crippen LogP) is 18.8. The number of para-hydroxylation sites is 2. The maximum absolute atomic E-state index is 12.5. The van der Waals surface area contributed by atoms with E-state index in [4.69, 9.17) is 25.3 Å². The molecule has 6 nitrogen and oxygen atoms in total. The van der Waals surface area contributed by atoms with Gasteiger partial charge in [0, 0.05) is 43.4 Å². The Morgan fingerprint density at radius 2 is 0.838 bits per heavy atom. The van der Waals surface area contributed by atoms with Crippen molar-refractivity contribution in [2.24, 2.45) is 0 Å². The predicted molar refractivity (Wildman–Crippen MR) is 302 cm³/mol. The lowest BCUT2D eigenvalue weighted by Gasteiger charge is -2.25. The van der Waals surface area contributed by atoms with Crippen LogP contribution in [0.25, 0.3) is 148 Å². The number of fused-ring (bicyclic) bond motifs is 14. The van der Waals surface area contributed by atoms with Gasteiger partial charge in [-0.05, 0) is 94.0 Å². The molecule has 11 aromatic carbocycles.